The molecule has 0 saturated heterocycles. The van der Waals surface area contributed by atoms with Crippen molar-refractivity contribution in [3.05, 3.63) is 76.4 Å². The average molecular weight is 384 g/mol. The number of aromatic nitrogens is 2. The molecule has 0 fully saturated rings. The fourth-order valence-corrected chi connectivity index (χ4v) is 4.35. The van der Waals surface area contributed by atoms with Gasteiger partial charge in [-0.3, -0.25) is 9.36 Å². The average Bonchev–Trinajstić information content (AvgIpc) is 2.78. The maximum Gasteiger partial charge on any atom is 0.263 e. The van der Waals surface area contributed by atoms with Gasteiger partial charge in [-0.2, -0.15) is 0 Å². The molecule has 0 N–H and O–H groups in total. The highest BCUT2D eigenvalue weighted by atomic mass is 16.5. The van der Waals surface area contributed by atoms with Crippen LogP contribution in [-0.2, 0) is 12.8 Å². The monoisotopic (exact) mass is 384 g/mol. The number of hydrogen-bond acceptors (Lipinski definition) is 3. The van der Waals surface area contributed by atoms with E-state index in [0.717, 1.165) is 83.4 Å². The second-order valence-electron chi connectivity index (χ2n) is 7.65. The topological polar surface area (TPSA) is 44.1 Å². The van der Waals surface area contributed by atoms with Crippen LogP contribution >= 0.6 is 0 Å². The smallest absolute Gasteiger partial charge is 0.263 e. The molecular formula is C25H24N2O2. The Labute approximate surface area is 170 Å². The number of aryl methyl sites for hydroxylation is 2. The third-order valence-corrected chi connectivity index (χ3v) is 5.78. The molecule has 2 aliphatic rings. The molecule has 3 heterocycles. The predicted octanol–water partition coefficient (Wildman–Crippen LogP) is 5.14. The predicted molar refractivity (Wildman–Crippen MR) is 117 cm³/mol. The molecule has 0 bridgehead atoms. The van der Waals surface area contributed by atoms with Gasteiger partial charge in [0.1, 0.15) is 0 Å². The van der Waals surface area contributed by atoms with E-state index in [9.17, 15) is 4.79 Å². The van der Waals surface area contributed by atoms with Gasteiger partial charge >= 0.3 is 0 Å². The molecule has 0 atom stereocenters. The first-order valence-corrected chi connectivity index (χ1v) is 10.4. The number of allylic oxidation sites excluding steroid dienone is 4. The Hall–Kier alpha value is -3.14. The van der Waals surface area contributed by atoms with Gasteiger partial charge in [0, 0.05) is 28.7 Å². The molecule has 5 rings (SSSR count). The zero-order valence-electron chi connectivity index (χ0n) is 16.6. The van der Waals surface area contributed by atoms with Crippen LogP contribution in [-0.4, -0.2) is 16.2 Å². The molecule has 0 radical (unpaired) electrons. The van der Waals surface area contributed by atoms with Gasteiger partial charge in [0.2, 0.25) is 5.88 Å². The summed E-state index contributed by atoms with van der Waals surface area (Å²) < 4.78 is 7.55. The van der Waals surface area contributed by atoms with Crippen LogP contribution in [0.1, 0.15) is 37.4 Å². The molecule has 4 nitrogen and oxygen atoms in total. The molecule has 2 aromatic heterocycles. The van der Waals surface area contributed by atoms with E-state index in [0.29, 0.717) is 0 Å². The Bertz CT molecular complexity index is 1220. The fraction of sp³-hybridized carbons (Fsp3) is 0.280. The van der Waals surface area contributed by atoms with Crippen LogP contribution in [0.3, 0.4) is 0 Å². The molecule has 29 heavy (non-hydrogen) atoms. The summed E-state index contributed by atoms with van der Waals surface area (Å²) in [5, 5.41) is 1.73. The van der Waals surface area contributed by atoms with Crippen LogP contribution in [0.4, 0.5) is 0 Å². The number of nitrogens with zero attached hydrogens (tertiary/aromatic N) is 2. The molecule has 0 saturated carbocycles. The van der Waals surface area contributed by atoms with Gasteiger partial charge in [-0.25, -0.2) is 4.98 Å². The van der Waals surface area contributed by atoms with Crippen molar-refractivity contribution >= 4 is 16.5 Å². The number of pyridine rings is 2. The van der Waals surface area contributed by atoms with Gasteiger partial charge in [0.05, 0.1) is 12.0 Å². The van der Waals surface area contributed by atoms with Crippen LogP contribution in [0.2, 0.25) is 0 Å². The number of ether oxygens (including phenoxy) is 1. The molecule has 1 aliphatic heterocycles. The minimum absolute atomic E-state index is 0.0433. The van der Waals surface area contributed by atoms with Gasteiger partial charge in [0.15, 0.2) is 0 Å². The fourth-order valence-electron chi connectivity index (χ4n) is 4.35. The number of benzene rings is 1. The number of hydrogen-bond donors (Lipinski definition) is 0. The van der Waals surface area contributed by atoms with Gasteiger partial charge in [-0.05, 0) is 61.3 Å². The number of rotatable bonds is 3. The zero-order chi connectivity index (χ0) is 19.8. The molecule has 3 aromatic rings. The Morgan fingerprint density at radius 2 is 2.14 bits per heavy atom. The molecule has 4 heteroatoms. The lowest BCUT2D eigenvalue weighted by Gasteiger charge is -2.19. The van der Waals surface area contributed by atoms with Gasteiger partial charge in [-0.15, -0.1) is 0 Å². The molecule has 0 unspecified atom stereocenters. The third-order valence-electron chi connectivity index (χ3n) is 5.78. The van der Waals surface area contributed by atoms with Crippen LogP contribution in [0, 0.1) is 0 Å². The lowest BCUT2D eigenvalue weighted by Crippen LogP contribution is -2.23. The van der Waals surface area contributed by atoms with Crippen molar-refractivity contribution in [2.45, 2.75) is 39.0 Å². The molecule has 1 aromatic carbocycles. The maximum atomic E-state index is 13.7. The Balaban J connectivity index is 1.76. The highest BCUT2D eigenvalue weighted by molar-refractivity contribution is 5.96. The first-order chi connectivity index (χ1) is 14.3. The van der Waals surface area contributed by atoms with Crippen molar-refractivity contribution in [3.63, 3.8) is 0 Å². The van der Waals surface area contributed by atoms with Crippen molar-refractivity contribution in [3.8, 4) is 17.0 Å². The summed E-state index contributed by atoms with van der Waals surface area (Å²) in [6.45, 7) is 2.82. The van der Waals surface area contributed by atoms with Crippen LogP contribution < -0.4 is 10.3 Å². The Morgan fingerprint density at radius 1 is 1.21 bits per heavy atom. The van der Waals surface area contributed by atoms with E-state index in [1.165, 1.54) is 0 Å². The normalized spacial score (nSPS) is 15.7. The highest BCUT2D eigenvalue weighted by Gasteiger charge is 2.17. The third kappa shape index (κ3) is 3.09. The Kier molecular flexibility index (Phi) is 4.55. The lowest BCUT2D eigenvalue weighted by molar-refractivity contribution is 0.276. The maximum absolute atomic E-state index is 13.7. The van der Waals surface area contributed by atoms with Crippen LogP contribution in [0.5, 0.6) is 5.88 Å². The lowest BCUT2D eigenvalue weighted by atomic mass is 9.97. The van der Waals surface area contributed by atoms with Crippen molar-refractivity contribution in [2.75, 3.05) is 6.61 Å². The van der Waals surface area contributed by atoms with E-state index in [4.69, 9.17) is 4.74 Å². The van der Waals surface area contributed by atoms with Crippen molar-refractivity contribution in [1.29, 1.82) is 0 Å². The molecule has 0 spiro atoms. The van der Waals surface area contributed by atoms with E-state index >= 15 is 0 Å². The summed E-state index contributed by atoms with van der Waals surface area (Å²) in [6, 6.07) is 10.4. The first-order valence-electron chi connectivity index (χ1n) is 10.4. The van der Waals surface area contributed by atoms with Crippen molar-refractivity contribution in [2.24, 2.45) is 0 Å². The second kappa shape index (κ2) is 7.36. The van der Waals surface area contributed by atoms with Crippen molar-refractivity contribution < 1.29 is 4.74 Å². The SMILES string of the molecule is CCc1cc2cccc(-c3cnc4c(c3)CCCO4)c2c(=O)n1C1=CCCC=C1. The summed E-state index contributed by atoms with van der Waals surface area (Å²) >= 11 is 0. The highest BCUT2D eigenvalue weighted by Crippen LogP contribution is 2.32. The molecule has 0 amide bonds. The molecule has 1 aliphatic carbocycles. The molecular weight excluding hydrogens is 360 g/mol. The van der Waals surface area contributed by atoms with Gasteiger partial charge in [-0.1, -0.05) is 37.3 Å². The summed E-state index contributed by atoms with van der Waals surface area (Å²) in [5.74, 6) is 0.725. The van der Waals surface area contributed by atoms with E-state index in [1.54, 1.807) is 0 Å². The van der Waals surface area contributed by atoms with E-state index in [2.05, 4.69) is 42.3 Å². The van der Waals surface area contributed by atoms with E-state index in [1.807, 2.05) is 29.0 Å². The van der Waals surface area contributed by atoms with E-state index in [-0.39, 0.29) is 5.56 Å². The summed E-state index contributed by atoms with van der Waals surface area (Å²) in [7, 11) is 0. The second-order valence-corrected chi connectivity index (χ2v) is 7.65. The number of fused-ring (bicyclic) bond motifs is 2. The standard InChI is InChI=1S/C25H24N2O2/c1-2-20-15-17-8-6-12-22(19-14-18-9-7-13-29-24(18)26-16-19)23(17)25(28)27(20)21-10-4-3-5-11-21/h4,6,8,10-12,14-16H,2-3,5,7,9,13H2,1H3. The van der Waals surface area contributed by atoms with E-state index < -0.39 is 0 Å². The minimum Gasteiger partial charge on any atom is -0.477 e. The summed E-state index contributed by atoms with van der Waals surface area (Å²) in [6.07, 6.45) is 13.0. The first kappa shape index (κ1) is 17.9. The van der Waals surface area contributed by atoms with Crippen LogP contribution in [0.25, 0.3) is 27.6 Å². The quantitative estimate of drug-likeness (QED) is 0.628. The summed E-state index contributed by atoms with van der Waals surface area (Å²) in [5.41, 5.74) is 5.09. The Morgan fingerprint density at radius 3 is 2.97 bits per heavy atom. The van der Waals surface area contributed by atoms with Crippen molar-refractivity contribution in [1.82, 2.24) is 9.55 Å². The summed E-state index contributed by atoms with van der Waals surface area (Å²) in [4.78, 5) is 18.3. The molecule has 146 valence electrons. The zero-order valence-corrected chi connectivity index (χ0v) is 16.6. The van der Waals surface area contributed by atoms with Crippen LogP contribution in [0.15, 0.2) is 59.6 Å². The van der Waals surface area contributed by atoms with Gasteiger partial charge < -0.3 is 4.74 Å². The largest absolute Gasteiger partial charge is 0.477 e. The van der Waals surface area contributed by atoms with Gasteiger partial charge in [0.25, 0.3) is 5.56 Å². The minimum atomic E-state index is 0.0433.